The lowest BCUT2D eigenvalue weighted by Gasteiger charge is -2.31. The number of aliphatic carboxylic acids is 1. The van der Waals surface area contributed by atoms with Crippen molar-refractivity contribution in [2.24, 2.45) is 0 Å². The molecule has 1 saturated heterocycles. The number of anilines is 1. The monoisotopic (exact) mass is 292 g/mol. The summed E-state index contributed by atoms with van der Waals surface area (Å²) in [5, 5.41) is 11.4. The van der Waals surface area contributed by atoms with E-state index in [4.69, 9.17) is 9.84 Å². The number of hydrogen-bond donors (Lipinski definition) is 2. The highest BCUT2D eigenvalue weighted by molar-refractivity contribution is 5.89. The molecule has 2 rings (SSSR count). The number of urea groups is 1. The van der Waals surface area contributed by atoms with E-state index >= 15 is 0 Å². The molecule has 0 aliphatic carbocycles. The Kier molecular flexibility index (Phi) is 5.16. The van der Waals surface area contributed by atoms with E-state index in [1.54, 1.807) is 4.90 Å². The van der Waals surface area contributed by atoms with Crippen LogP contribution in [0.4, 0.5) is 10.5 Å². The largest absolute Gasteiger partial charge is 0.480 e. The number of piperidine rings is 1. The average molecular weight is 292 g/mol. The lowest BCUT2D eigenvalue weighted by Crippen LogP contribution is -2.43. The molecule has 0 bridgehead atoms. The smallest absolute Gasteiger partial charge is 0.329 e. The summed E-state index contributed by atoms with van der Waals surface area (Å²) in [4.78, 5) is 24.3. The Balaban J connectivity index is 1.79. The molecule has 0 aromatic heterocycles. The molecule has 2 amide bonds. The summed E-state index contributed by atoms with van der Waals surface area (Å²) >= 11 is 0. The Labute approximate surface area is 123 Å². The van der Waals surface area contributed by atoms with Crippen molar-refractivity contribution in [2.45, 2.75) is 25.9 Å². The molecule has 2 N–H and O–H groups in total. The standard InChI is InChI=1S/C15H20N2O4/c1-11-3-2-4-12(9-11)16-15(20)17-7-5-13(6-8-17)21-10-14(18)19/h2-4,9,13H,5-8,10H2,1H3,(H,16,20)(H,18,19). The molecule has 21 heavy (non-hydrogen) atoms. The van der Waals surface area contributed by atoms with Crippen molar-refractivity contribution in [3.05, 3.63) is 29.8 Å². The lowest BCUT2D eigenvalue weighted by atomic mass is 10.1. The average Bonchev–Trinajstić information content (AvgIpc) is 2.45. The molecule has 0 radical (unpaired) electrons. The van der Waals surface area contributed by atoms with Crippen molar-refractivity contribution in [3.8, 4) is 0 Å². The molecule has 114 valence electrons. The van der Waals surface area contributed by atoms with Gasteiger partial charge in [0.05, 0.1) is 6.10 Å². The summed E-state index contributed by atoms with van der Waals surface area (Å²) in [7, 11) is 0. The molecule has 1 aliphatic rings. The number of amides is 2. The highest BCUT2D eigenvalue weighted by Gasteiger charge is 2.23. The summed E-state index contributed by atoms with van der Waals surface area (Å²) in [6.07, 6.45) is 1.24. The Hall–Kier alpha value is -2.08. The van der Waals surface area contributed by atoms with Gasteiger partial charge in [0.25, 0.3) is 0 Å². The maximum atomic E-state index is 12.1. The molecule has 1 aliphatic heterocycles. The summed E-state index contributed by atoms with van der Waals surface area (Å²) in [5.74, 6) is -0.963. The second kappa shape index (κ2) is 7.08. The highest BCUT2D eigenvalue weighted by atomic mass is 16.5. The van der Waals surface area contributed by atoms with Gasteiger partial charge < -0.3 is 20.1 Å². The van der Waals surface area contributed by atoms with E-state index < -0.39 is 5.97 Å². The van der Waals surface area contributed by atoms with Crippen molar-refractivity contribution in [2.75, 3.05) is 25.0 Å². The molecule has 0 spiro atoms. The number of rotatable bonds is 4. The van der Waals surface area contributed by atoms with Gasteiger partial charge in [-0.1, -0.05) is 12.1 Å². The first-order valence-electron chi connectivity index (χ1n) is 7.00. The number of aryl methyl sites for hydroxylation is 1. The summed E-state index contributed by atoms with van der Waals surface area (Å²) in [5.41, 5.74) is 1.87. The Morgan fingerprint density at radius 1 is 1.38 bits per heavy atom. The number of hydrogen-bond acceptors (Lipinski definition) is 3. The van der Waals surface area contributed by atoms with Gasteiger partial charge in [0.15, 0.2) is 0 Å². The van der Waals surface area contributed by atoms with Gasteiger partial charge >= 0.3 is 12.0 Å². The van der Waals surface area contributed by atoms with Crippen LogP contribution < -0.4 is 5.32 Å². The van der Waals surface area contributed by atoms with Crippen LogP contribution >= 0.6 is 0 Å². The fourth-order valence-corrected chi connectivity index (χ4v) is 2.34. The molecule has 6 nitrogen and oxygen atoms in total. The van der Waals surface area contributed by atoms with Crippen molar-refractivity contribution >= 4 is 17.7 Å². The minimum absolute atomic E-state index is 0.0795. The van der Waals surface area contributed by atoms with E-state index in [-0.39, 0.29) is 18.7 Å². The summed E-state index contributed by atoms with van der Waals surface area (Å²) in [6.45, 7) is 2.84. The fourth-order valence-electron chi connectivity index (χ4n) is 2.34. The summed E-state index contributed by atoms with van der Waals surface area (Å²) in [6, 6.07) is 7.52. The second-order valence-corrected chi connectivity index (χ2v) is 5.19. The van der Waals surface area contributed by atoms with Crippen LogP contribution in [0.2, 0.25) is 0 Å². The molecule has 0 saturated carbocycles. The van der Waals surface area contributed by atoms with E-state index in [0.29, 0.717) is 25.9 Å². The van der Waals surface area contributed by atoms with E-state index in [2.05, 4.69) is 5.32 Å². The lowest BCUT2D eigenvalue weighted by molar-refractivity contribution is -0.145. The van der Waals surface area contributed by atoms with Gasteiger partial charge in [-0.25, -0.2) is 9.59 Å². The molecule has 0 atom stereocenters. The molecular weight excluding hydrogens is 272 g/mol. The Morgan fingerprint density at radius 3 is 2.71 bits per heavy atom. The maximum Gasteiger partial charge on any atom is 0.329 e. The van der Waals surface area contributed by atoms with Gasteiger partial charge in [0.1, 0.15) is 6.61 Å². The number of carbonyl (C=O) groups excluding carboxylic acids is 1. The molecule has 1 heterocycles. The van der Waals surface area contributed by atoms with Crippen LogP contribution in [0, 0.1) is 6.92 Å². The molecule has 1 fully saturated rings. The van der Waals surface area contributed by atoms with E-state index in [1.165, 1.54) is 0 Å². The predicted octanol–water partition coefficient (Wildman–Crippen LogP) is 2.09. The predicted molar refractivity (Wildman–Crippen MR) is 78.4 cm³/mol. The highest BCUT2D eigenvalue weighted by Crippen LogP contribution is 2.16. The first-order chi connectivity index (χ1) is 10.0. The zero-order valence-electron chi connectivity index (χ0n) is 12.0. The number of carboxylic acids is 1. The normalized spacial score (nSPS) is 15.8. The van der Waals surface area contributed by atoms with E-state index in [0.717, 1.165) is 11.3 Å². The van der Waals surface area contributed by atoms with Gasteiger partial charge in [-0.15, -0.1) is 0 Å². The van der Waals surface area contributed by atoms with Crippen LogP contribution in [0.25, 0.3) is 0 Å². The number of nitrogens with zero attached hydrogens (tertiary/aromatic N) is 1. The number of ether oxygens (including phenoxy) is 1. The van der Waals surface area contributed by atoms with E-state index in [1.807, 2.05) is 31.2 Å². The van der Waals surface area contributed by atoms with Crippen molar-refractivity contribution in [1.29, 1.82) is 0 Å². The number of carboxylic acid groups (broad SMARTS) is 1. The topological polar surface area (TPSA) is 78.9 Å². The maximum absolute atomic E-state index is 12.1. The van der Waals surface area contributed by atoms with Gasteiger partial charge in [-0.05, 0) is 37.5 Å². The van der Waals surface area contributed by atoms with Gasteiger partial charge in [0, 0.05) is 18.8 Å². The number of benzene rings is 1. The third-order valence-corrected chi connectivity index (χ3v) is 3.44. The second-order valence-electron chi connectivity index (χ2n) is 5.19. The Morgan fingerprint density at radius 2 is 2.10 bits per heavy atom. The molecule has 0 unspecified atom stereocenters. The van der Waals surface area contributed by atoms with Gasteiger partial charge in [0.2, 0.25) is 0 Å². The first kappa shape index (κ1) is 15.3. The van der Waals surface area contributed by atoms with Crippen LogP contribution in [0.1, 0.15) is 18.4 Å². The number of carbonyl (C=O) groups is 2. The molecule has 1 aromatic carbocycles. The third-order valence-electron chi connectivity index (χ3n) is 3.44. The summed E-state index contributed by atoms with van der Waals surface area (Å²) < 4.78 is 5.25. The molecule has 1 aromatic rings. The van der Waals surface area contributed by atoms with Crippen molar-refractivity contribution in [1.82, 2.24) is 4.90 Å². The molecular formula is C15H20N2O4. The zero-order valence-corrected chi connectivity index (χ0v) is 12.0. The van der Waals surface area contributed by atoms with Crippen molar-refractivity contribution in [3.63, 3.8) is 0 Å². The van der Waals surface area contributed by atoms with Gasteiger partial charge in [-0.3, -0.25) is 0 Å². The third kappa shape index (κ3) is 4.75. The SMILES string of the molecule is Cc1cccc(NC(=O)N2CCC(OCC(=O)O)CC2)c1. The van der Waals surface area contributed by atoms with Crippen LogP contribution in [-0.4, -0.2) is 47.8 Å². The first-order valence-corrected chi connectivity index (χ1v) is 7.00. The van der Waals surface area contributed by atoms with Crippen LogP contribution in [0.3, 0.4) is 0 Å². The fraction of sp³-hybridized carbons (Fsp3) is 0.467. The number of likely N-dealkylation sites (tertiary alicyclic amines) is 1. The Bertz CT molecular complexity index is 510. The van der Waals surface area contributed by atoms with Crippen LogP contribution in [0.5, 0.6) is 0 Å². The van der Waals surface area contributed by atoms with Crippen molar-refractivity contribution < 1.29 is 19.4 Å². The minimum atomic E-state index is -0.963. The van der Waals surface area contributed by atoms with Crippen LogP contribution in [0.15, 0.2) is 24.3 Å². The van der Waals surface area contributed by atoms with E-state index in [9.17, 15) is 9.59 Å². The molecule has 6 heteroatoms. The minimum Gasteiger partial charge on any atom is -0.480 e. The van der Waals surface area contributed by atoms with Gasteiger partial charge in [-0.2, -0.15) is 0 Å². The zero-order chi connectivity index (χ0) is 15.2. The van der Waals surface area contributed by atoms with Crippen LogP contribution in [-0.2, 0) is 9.53 Å². The number of nitrogens with one attached hydrogen (secondary N) is 1. The quantitative estimate of drug-likeness (QED) is 0.890.